The van der Waals surface area contributed by atoms with Crippen molar-refractivity contribution in [3.63, 3.8) is 0 Å². The van der Waals surface area contributed by atoms with E-state index in [4.69, 9.17) is 0 Å². The van der Waals surface area contributed by atoms with Gasteiger partial charge in [0.05, 0.1) is 6.10 Å². The van der Waals surface area contributed by atoms with E-state index in [1.54, 1.807) is 0 Å². The molecule has 2 atom stereocenters. The van der Waals surface area contributed by atoms with E-state index in [1.807, 2.05) is 6.92 Å². The van der Waals surface area contributed by atoms with Gasteiger partial charge in [0.2, 0.25) is 0 Å². The lowest BCUT2D eigenvalue weighted by molar-refractivity contribution is 0.126. The Labute approximate surface area is 117 Å². The van der Waals surface area contributed by atoms with Crippen molar-refractivity contribution >= 4 is 0 Å². The average Bonchev–Trinajstić information content (AvgIpc) is 2.35. The van der Waals surface area contributed by atoms with Crippen LogP contribution in [0.15, 0.2) is 24.3 Å². The Bertz CT molecular complexity index is 411. The number of aliphatic hydroxyl groups is 1. The van der Waals surface area contributed by atoms with E-state index in [9.17, 15) is 5.11 Å². The summed E-state index contributed by atoms with van der Waals surface area (Å²) in [5, 5.41) is 13.2. The Morgan fingerprint density at radius 2 is 2.00 bits per heavy atom. The van der Waals surface area contributed by atoms with Crippen LogP contribution in [0.4, 0.5) is 0 Å². The molecule has 0 radical (unpaired) electrons. The fourth-order valence-corrected chi connectivity index (χ4v) is 3.16. The fraction of sp³-hybridized carbons (Fsp3) is 0.647. The number of fused-ring (bicyclic) bond motifs is 1. The maximum atomic E-state index is 9.53. The van der Waals surface area contributed by atoms with Crippen molar-refractivity contribution in [2.75, 3.05) is 6.54 Å². The highest BCUT2D eigenvalue weighted by atomic mass is 16.3. The molecule has 1 aromatic carbocycles. The van der Waals surface area contributed by atoms with Crippen LogP contribution in [0.3, 0.4) is 0 Å². The molecular formula is C17H27NO. The largest absolute Gasteiger partial charge is 0.393 e. The molecule has 2 nitrogen and oxygen atoms in total. The maximum absolute atomic E-state index is 9.53. The number of benzene rings is 1. The van der Waals surface area contributed by atoms with Crippen LogP contribution in [0.5, 0.6) is 0 Å². The number of nitrogens with one attached hydrogen (secondary N) is 1. The molecule has 0 spiro atoms. The van der Waals surface area contributed by atoms with Crippen LogP contribution < -0.4 is 5.32 Å². The second kappa shape index (κ2) is 6.06. The van der Waals surface area contributed by atoms with Crippen molar-refractivity contribution in [2.45, 2.75) is 58.6 Å². The molecule has 0 bridgehead atoms. The molecule has 0 amide bonds. The normalized spacial score (nSPS) is 20.9. The van der Waals surface area contributed by atoms with E-state index < -0.39 is 0 Å². The Hall–Kier alpha value is -0.860. The molecule has 2 N–H and O–H groups in total. The van der Waals surface area contributed by atoms with Gasteiger partial charge in [-0.25, -0.2) is 0 Å². The first-order chi connectivity index (χ1) is 8.96. The Morgan fingerprint density at radius 1 is 1.32 bits per heavy atom. The Balaban J connectivity index is 1.86. The third-order valence-electron chi connectivity index (χ3n) is 4.06. The average molecular weight is 261 g/mol. The van der Waals surface area contributed by atoms with Gasteiger partial charge in [0.15, 0.2) is 0 Å². The number of rotatable bonds is 5. The van der Waals surface area contributed by atoms with E-state index in [-0.39, 0.29) is 11.5 Å². The molecule has 2 unspecified atom stereocenters. The summed E-state index contributed by atoms with van der Waals surface area (Å²) in [4.78, 5) is 0. The monoisotopic (exact) mass is 261 g/mol. The molecule has 2 heteroatoms. The molecular weight excluding hydrogens is 234 g/mol. The standard InChI is InChI=1S/C17H27NO/c1-13(19)11-17(2,3)12-18-16-9-8-14-6-4-5-7-15(14)10-16/h4-7,13,16,18-19H,8-12H2,1-3H3. The Kier molecular flexibility index (Phi) is 4.64. The lowest BCUT2D eigenvalue weighted by atomic mass is 9.84. The van der Waals surface area contributed by atoms with E-state index in [0.717, 1.165) is 19.4 Å². The third kappa shape index (κ3) is 4.32. The maximum Gasteiger partial charge on any atom is 0.0517 e. The quantitative estimate of drug-likeness (QED) is 0.854. The number of hydrogen-bond acceptors (Lipinski definition) is 2. The lowest BCUT2D eigenvalue weighted by Crippen LogP contribution is -2.41. The van der Waals surface area contributed by atoms with Gasteiger partial charge in [0, 0.05) is 12.6 Å². The zero-order valence-electron chi connectivity index (χ0n) is 12.4. The molecule has 0 saturated carbocycles. The topological polar surface area (TPSA) is 32.3 Å². The minimum atomic E-state index is -0.219. The van der Waals surface area contributed by atoms with Gasteiger partial charge >= 0.3 is 0 Å². The van der Waals surface area contributed by atoms with Gasteiger partial charge in [0.25, 0.3) is 0 Å². The minimum Gasteiger partial charge on any atom is -0.393 e. The highest BCUT2D eigenvalue weighted by molar-refractivity contribution is 5.30. The summed E-state index contributed by atoms with van der Waals surface area (Å²) in [7, 11) is 0. The molecule has 0 saturated heterocycles. The van der Waals surface area contributed by atoms with Gasteiger partial charge in [-0.3, -0.25) is 0 Å². The van der Waals surface area contributed by atoms with E-state index in [1.165, 1.54) is 24.0 Å². The van der Waals surface area contributed by atoms with Crippen LogP contribution in [0.2, 0.25) is 0 Å². The molecule has 0 fully saturated rings. The Morgan fingerprint density at radius 3 is 2.68 bits per heavy atom. The molecule has 1 aliphatic rings. The van der Waals surface area contributed by atoms with Crippen LogP contribution in [0, 0.1) is 5.41 Å². The van der Waals surface area contributed by atoms with Crippen molar-refractivity contribution in [1.29, 1.82) is 0 Å². The van der Waals surface area contributed by atoms with Gasteiger partial charge < -0.3 is 10.4 Å². The van der Waals surface area contributed by atoms with Crippen LogP contribution in [0.1, 0.15) is 44.7 Å². The molecule has 0 aliphatic heterocycles. The summed E-state index contributed by atoms with van der Waals surface area (Å²) >= 11 is 0. The lowest BCUT2D eigenvalue weighted by Gasteiger charge is -2.31. The molecule has 1 aliphatic carbocycles. The van der Waals surface area contributed by atoms with E-state index >= 15 is 0 Å². The number of hydrogen-bond donors (Lipinski definition) is 2. The fourth-order valence-electron chi connectivity index (χ4n) is 3.16. The second-order valence-corrected chi connectivity index (χ2v) is 6.81. The van der Waals surface area contributed by atoms with Crippen LogP contribution in [0.25, 0.3) is 0 Å². The van der Waals surface area contributed by atoms with Gasteiger partial charge in [0.1, 0.15) is 0 Å². The second-order valence-electron chi connectivity index (χ2n) is 6.81. The minimum absolute atomic E-state index is 0.158. The first-order valence-corrected chi connectivity index (χ1v) is 7.44. The van der Waals surface area contributed by atoms with Crippen LogP contribution >= 0.6 is 0 Å². The molecule has 106 valence electrons. The summed E-state index contributed by atoms with van der Waals surface area (Å²) in [5.74, 6) is 0. The van der Waals surface area contributed by atoms with Gasteiger partial charge in [-0.05, 0) is 49.1 Å². The highest BCUT2D eigenvalue weighted by Crippen LogP contribution is 2.24. The summed E-state index contributed by atoms with van der Waals surface area (Å²) < 4.78 is 0. The molecule has 1 aromatic rings. The SMILES string of the molecule is CC(O)CC(C)(C)CNC1CCc2ccccc2C1. The molecule has 0 aromatic heterocycles. The van der Waals surface area contributed by atoms with Crippen molar-refractivity contribution < 1.29 is 5.11 Å². The molecule has 19 heavy (non-hydrogen) atoms. The van der Waals surface area contributed by atoms with E-state index in [0.29, 0.717) is 6.04 Å². The zero-order chi connectivity index (χ0) is 13.9. The van der Waals surface area contributed by atoms with Crippen molar-refractivity contribution in [1.82, 2.24) is 5.32 Å². The van der Waals surface area contributed by atoms with E-state index in [2.05, 4.69) is 43.4 Å². The summed E-state index contributed by atoms with van der Waals surface area (Å²) in [5.41, 5.74) is 3.17. The summed E-state index contributed by atoms with van der Waals surface area (Å²) in [6.07, 6.45) is 4.18. The smallest absolute Gasteiger partial charge is 0.0517 e. The van der Waals surface area contributed by atoms with Crippen molar-refractivity contribution in [3.05, 3.63) is 35.4 Å². The number of aryl methyl sites for hydroxylation is 1. The first kappa shape index (κ1) is 14.5. The van der Waals surface area contributed by atoms with Crippen molar-refractivity contribution in [3.8, 4) is 0 Å². The molecule has 2 rings (SSSR count). The van der Waals surface area contributed by atoms with Crippen LogP contribution in [-0.4, -0.2) is 23.8 Å². The highest BCUT2D eigenvalue weighted by Gasteiger charge is 2.23. The van der Waals surface area contributed by atoms with Crippen LogP contribution in [-0.2, 0) is 12.8 Å². The first-order valence-electron chi connectivity index (χ1n) is 7.44. The summed E-state index contributed by atoms with van der Waals surface area (Å²) in [6, 6.07) is 9.37. The van der Waals surface area contributed by atoms with Crippen molar-refractivity contribution in [2.24, 2.45) is 5.41 Å². The third-order valence-corrected chi connectivity index (χ3v) is 4.06. The molecule has 0 heterocycles. The van der Waals surface area contributed by atoms with Gasteiger partial charge in [-0.1, -0.05) is 38.1 Å². The zero-order valence-corrected chi connectivity index (χ0v) is 12.4. The summed E-state index contributed by atoms with van der Waals surface area (Å²) in [6.45, 7) is 7.30. The predicted molar refractivity (Wildman–Crippen MR) is 80.3 cm³/mol. The van der Waals surface area contributed by atoms with Gasteiger partial charge in [-0.2, -0.15) is 0 Å². The predicted octanol–water partition coefficient (Wildman–Crippen LogP) is 2.93. The number of aliphatic hydroxyl groups excluding tert-OH is 1. The van der Waals surface area contributed by atoms with Gasteiger partial charge in [-0.15, -0.1) is 0 Å².